The van der Waals surface area contributed by atoms with Crippen molar-refractivity contribution in [3.63, 3.8) is 0 Å². The van der Waals surface area contributed by atoms with Crippen LogP contribution in [-0.2, 0) is 28.7 Å². The molecule has 2 aromatic rings. The lowest BCUT2D eigenvalue weighted by Crippen LogP contribution is -2.56. The molecule has 5 rings (SSSR count). The number of allylic oxidation sites excluding steroid dienone is 1. The molecule has 0 aliphatic carbocycles. The van der Waals surface area contributed by atoms with Crippen LogP contribution in [0.15, 0.2) is 73.8 Å². The van der Waals surface area contributed by atoms with Crippen molar-refractivity contribution < 1.29 is 33.8 Å². The van der Waals surface area contributed by atoms with E-state index in [2.05, 4.69) is 13.2 Å². The van der Waals surface area contributed by atoms with Crippen molar-refractivity contribution in [2.45, 2.75) is 82.8 Å². The largest absolute Gasteiger partial charge is 0.455 e. The number of likely N-dealkylation sites (N-methyl/N-ethyl adjacent to an activating group) is 1. The van der Waals surface area contributed by atoms with Gasteiger partial charge in [-0.3, -0.25) is 19.2 Å². The number of carbonyl (C=O) groups is 4. The van der Waals surface area contributed by atoms with Gasteiger partial charge >= 0.3 is 5.97 Å². The minimum Gasteiger partial charge on any atom is -0.455 e. The van der Waals surface area contributed by atoms with E-state index < -0.39 is 47.7 Å². The Labute approximate surface area is 289 Å². The van der Waals surface area contributed by atoms with E-state index in [0.29, 0.717) is 19.3 Å². The SMILES string of the molecule is C=CCCC(=O)N(C)[C@H](C)[C@H](OC(=O)[C@@H]1[C@H]2C(=O)N(CCCO)[C@H](C(=O)N(CC=C)c3c(C)cccc3C)[C@]23CC[C@H]1O3)c1ccccc1. The summed E-state index contributed by atoms with van der Waals surface area (Å²) in [6.45, 7) is 13.5. The highest BCUT2D eigenvalue weighted by molar-refractivity contribution is 6.05. The Morgan fingerprint density at radius 3 is 2.43 bits per heavy atom. The van der Waals surface area contributed by atoms with Gasteiger partial charge in [0.1, 0.15) is 17.7 Å². The van der Waals surface area contributed by atoms with Crippen LogP contribution in [0, 0.1) is 25.7 Å². The Bertz CT molecular complexity index is 1560. The fourth-order valence-corrected chi connectivity index (χ4v) is 8.10. The Morgan fingerprint density at radius 1 is 1.10 bits per heavy atom. The molecule has 3 aliphatic heterocycles. The van der Waals surface area contributed by atoms with Crippen molar-refractivity contribution in [3.8, 4) is 0 Å². The number of aryl methyl sites for hydroxylation is 2. The van der Waals surface area contributed by atoms with E-state index >= 15 is 0 Å². The predicted molar refractivity (Wildman–Crippen MR) is 186 cm³/mol. The maximum absolute atomic E-state index is 14.8. The second kappa shape index (κ2) is 15.1. The number of likely N-dealkylation sites (tertiary alicyclic amines) is 1. The molecule has 0 saturated carbocycles. The van der Waals surface area contributed by atoms with Crippen molar-refractivity contribution in [2.75, 3.05) is 31.6 Å². The molecule has 2 bridgehead atoms. The fraction of sp³-hybridized carbons (Fsp3) is 0.487. The molecule has 3 heterocycles. The molecule has 0 radical (unpaired) electrons. The number of aliphatic hydroxyl groups is 1. The second-order valence-electron chi connectivity index (χ2n) is 13.5. The van der Waals surface area contributed by atoms with Crippen molar-refractivity contribution in [1.82, 2.24) is 9.80 Å². The van der Waals surface area contributed by atoms with Crippen molar-refractivity contribution in [1.29, 1.82) is 0 Å². The first-order valence-electron chi connectivity index (χ1n) is 17.2. The highest BCUT2D eigenvalue weighted by Crippen LogP contribution is 2.59. The zero-order valence-corrected chi connectivity index (χ0v) is 29.0. The normalized spacial score (nSPS) is 25.0. The van der Waals surface area contributed by atoms with E-state index in [1.165, 1.54) is 4.90 Å². The van der Waals surface area contributed by atoms with Gasteiger partial charge in [0.2, 0.25) is 11.8 Å². The zero-order chi connectivity index (χ0) is 35.5. The van der Waals surface area contributed by atoms with Crippen LogP contribution in [0.4, 0.5) is 5.69 Å². The number of hydrogen-bond acceptors (Lipinski definition) is 7. The third kappa shape index (κ3) is 6.56. The van der Waals surface area contributed by atoms with Gasteiger partial charge in [0.25, 0.3) is 5.91 Å². The molecular formula is C39H49N3O7. The topological polar surface area (TPSA) is 117 Å². The molecule has 3 saturated heterocycles. The van der Waals surface area contributed by atoms with Crippen LogP contribution in [-0.4, -0.2) is 89.1 Å². The van der Waals surface area contributed by atoms with Crippen molar-refractivity contribution >= 4 is 29.4 Å². The van der Waals surface area contributed by atoms with Crippen molar-refractivity contribution in [2.24, 2.45) is 11.8 Å². The van der Waals surface area contributed by atoms with Crippen LogP contribution in [0.2, 0.25) is 0 Å². The van der Waals surface area contributed by atoms with E-state index in [-0.39, 0.29) is 50.3 Å². The number of aliphatic hydroxyl groups excluding tert-OH is 1. The maximum atomic E-state index is 14.8. The van der Waals surface area contributed by atoms with Crippen LogP contribution >= 0.6 is 0 Å². The minimum atomic E-state index is -1.24. The molecule has 0 aromatic heterocycles. The standard InChI is InChI=1S/C39H49N3O7/c1-7-9-19-30(44)40(6)27(5)34(28-17-11-10-12-18-28)48-38(47)31-29-20-21-39(49-29)32(31)36(45)42(23-14-24-43)35(39)37(46)41(22-8-2)33-25(3)15-13-16-26(33)4/h7-8,10-13,15-18,27,29,31-32,34-35,43H,1-2,9,14,19-24H2,3-6H3/t27-,29-,31+,32+,34+,35-,39+/m1/s1. The van der Waals surface area contributed by atoms with Gasteiger partial charge in [-0.2, -0.15) is 0 Å². The Morgan fingerprint density at radius 2 is 1.80 bits per heavy atom. The zero-order valence-electron chi connectivity index (χ0n) is 29.0. The van der Waals surface area contributed by atoms with Crippen LogP contribution in [0.25, 0.3) is 0 Å². The molecule has 3 aliphatic rings. The first kappa shape index (κ1) is 36.0. The minimum absolute atomic E-state index is 0.105. The molecule has 1 spiro atoms. The van der Waals surface area contributed by atoms with Gasteiger partial charge in [0.15, 0.2) is 0 Å². The summed E-state index contributed by atoms with van der Waals surface area (Å²) >= 11 is 0. The molecule has 7 atom stereocenters. The lowest BCUT2D eigenvalue weighted by atomic mass is 9.70. The number of fused-ring (bicyclic) bond motifs is 1. The lowest BCUT2D eigenvalue weighted by molar-refractivity contribution is -0.164. The lowest BCUT2D eigenvalue weighted by Gasteiger charge is -2.37. The summed E-state index contributed by atoms with van der Waals surface area (Å²) < 4.78 is 13.0. The quantitative estimate of drug-likeness (QED) is 0.216. The predicted octanol–water partition coefficient (Wildman–Crippen LogP) is 4.68. The molecule has 3 fully saturated rings. The fourth-order valence-electron chi connectivity index (χ4n) is 8.10. The number of esters is 1. The number of hydrogen-bond donors (Lipinski definition) is 1. The summed E-state index contributed by atoms with van der Waals surface area (Å²) in [6.07, 6.45) is 3.91. The number of rotatable bonds is 15. The maximum Gasteiger partial charge on any atom is 0.313 e. The average molecular weight is 672 g/mol. The molecule has 49 heavy (non-hydrogen) atoms. The summed E-state index contributed by atoms with van der Waals surface area (Å²) in [5, 5.41) is 9.76. The van der Waals surface area contributed by atoms with Gasteiger partial charge in [0.05, 0.1) is 24.0 Å². The smallest absolute Gasteiger partial charge is 0.313 e. The van der Waals surface area contributed by atoms with E-state index in [1.807, 2.05) is 69.3 Å². The van der Waals surface area contributed by atoms with Gasteiger partial charge in [-0.05, 0) is 63.1 Å². The molecule has 10 heteroatoms. The van der Waals surface area contributed by atoms with E-state index in [4.69, 9.17) is 9.47 Å². The van der Waals surface area contributed by atoms with E-state index in [9.17, 15) is 24.3 Å². The first-order valence-corrected chi connectivity index (χ1v) is 17.2. The molecule has 0 unspecified atom stereocenters. The molecule has 262 valence electrons. The summed E-state index contributed by atoms with van der Waals surface area (Å²) in [5.41, 5.74) is 2.04. The molecule has 1 N–H and O–H groups in total. The molecule has 2 aromatic carbocycles. The van der Waals surface area contributed by atoms with Crippen LogP contribution in [0.5, 0.6) is 0 Å². The molecule has 3 amide bonds. The summed E-state index contributed by atoms with van der Waals surface area (Å²) in [4.78, 5) is 61.4. The molecular weight excluding hydrogens is 622 g/mol. The number of ether oxygens (including phenoxy) is 2. The monoisotopic (exact) mass is 671 g/mol. The van der Waals surface area contributed by atoms with Gasteiger partial charge < -0.3 is 29.3 Å². The number of para-hydroxylation sites is 1. The number of benzene rings is 2. The van der Waals surface area contributed by atoms with Gasteiger partial charge in [-0.15, -0.1) is 13.2 Å². The third-order valence-electron chi connectivity index (χ3n) is 10.5. The Balaban J connectivity index is 1.50. The summed E-state index contributed by atoms with van der Waals surface area (Å²) in [7, 11) is 1.69. The number of carbonyl (C=O) groups excluding carboxylic acids is 4. The van der Waals surface area contributed by atoms with Crippen molar-refractivity contribution in [3.05, 3.63) is 90.5 Å². The van der Waals surface area contributed by atoms with Crippen LogP contribution in [0.3, 0.4) is 0 Å². The summed E-state index contributed by atoms with van der Waals surface area (Å²) in [6, 6.07) is 13.5. The highest BCUT2D eigenvalue weighted by Gasteiger charge is 2.75. The second-order valence-corrected chi connectivity index (χ2v) is 13.5. The Hall–Kier alpha value is -4.28. The van der Waals surface area contributed by atoms with E-state index in [1.54, 1.807) is 29.0 Å². The summed E-state index contributed by atoms with van der Waals surface area (Å²) in [5.74, 6) is -3.23. The third-order valence-corrected chi connectivity index (χ3v) is 10.5. The van der Waals surface area contributed by atoms with Gasteiger partial charge in [-0.25, -0.2) is 0 Å². The molecule has 10 nitrogen and oxygen atoms in total. The van der Waals surface area contributed by atoms with Gasteiger partial charge in [0, 0.05) is 38.9 Å². The van der Waals surface area contributed by atoms with Crippen LogP contribution < -0.4 is 4.90 Å². The number of nitrogens with zero attached hydrogens (tertiary/aromatic N) is 3. The average Bonchev–Trinajstić information content (AvgIpc) is 3.74. The highest BCUT2D eigenvalue weighted by atomic mass is 16.6. The Kier molecular flexibility index (Phi) is 11.1. The van der Waals surface area contributed by atoms with E-state index in [0.717, 1.165) is 22.4 Å². The number of anilines is 1. The first-order chi connectivity index (χ1) is 23.5. The van der Waals surface area contributed by atoms with Gasteiger partial charge in [-0.1, -0.05) is 60.7 Å². The van der Waals surface area contributed by atoms with Crippen LogP contribution in [0.1, 0.15) is 61.8 Å². The number of amides is 3.